The van der Waals surface area contributed by atoms with Crippen molar-refractivity contribution in [2.24, 2.45) is 5.84 Å². The van der Waals surface area contributed by atoms with E-state index in [-0.39, 0.29) is 5.60 Å². The van der Waals surface area contributed by atoms with Crippen molar-refractivity contribution >= 4 is 6.47 Å². The zero-order valence-corrected chi connectivity index (χ0v) is 9.33. The molecule has 0 aromatic rings. The summed E-state index contributed by atoms with van der Waals surface area (Å²) in [5.74, 6) is 5.24. The van der Waals surface area contributed by atoms with E-state index in [1.807, 2.05) is 27.8 Å². The fraction of sp³-hybridized carbons (Fsp3) is 0.889. The number of carbonyl (C=O) groups is 1. The van der Waals surface area contributed by atoms with Crippen LogP contribution in [0.5, 0.6) is 0 Å². The number of nitrogens with zero attached hydrogens (tertiary/aromatic N) is 1. The normalized spacial score (nSPS) is 10.4. The summed E-state index contributed by atoms with van der Waals surface area (Å²) in [4.78, 5) is 9.60. The highest BCUT2D eigenvalue weighted by atomic mass is 16.5. The van der Waals surface area contributed by atoms with Crippen molar-refractivity contribution < 1.29 is 9.53 Å². The lowest BCUT2D eigenvalue weighted by Crippen LogP contribution is -2.26. The zero-order chi connectivity index (χ0) is 10.9. The van der Waals surface area contributed by atoms with E-state index < -0.39 is 0 Å². The molecule has 0 atom stereocenters. The second kappa shape index (κ2) is 8.01. The first-order chi connectivity index (χ1) is 5.83. The molecule has 0 heterocycles. The Kier molecular flexibility index (Phi) is 9.17. The molecule has 0 unspecified atom stereocenters. The summed E-state index contributed by atoms with van der Waals surface area (Å²) in [6.45, 7) is 9.01. The maximum absolute atomic E-state index is 9.60. The molecule has 0 saturated carbocycles. The smallest absolute Gasteiger partial charge is 0.293 e. The van der Waals surface area contributed by atoms with Crippen molar-refractivity contribution in [1.29, 1.82) is 0 Å². The number of hydrogen-bond acceptors (Lipinski definition) is 4. The number of ether oxygens (including phenoxy) is 1. The van der Waals surface area contributed by atoms with Gasteiger partial charge in [0.2, 0.25) is 0 Å². The third-order valence-electron chi connectivity index (χ3n) is 0.978. The Labute approximate surface area is 81.0 Å². The van der Waals surface area contributed by atoms with E-state index in [0.29, 0.717) is 6.47 Å². The molecule has 0 rings (SSSR count). The monoisotopic (exact) mass is 190 g/mol. The molecular formula is C9H22N2O2. The van der Waals surface area contributed by atoms with Gasteiger partial charge < -0.3 is 4.74 Å². The van der Waals surface area contributed by atoms with Gasteiger partial charge in [0.05, 0.1) is 0 Å². The van der Waals surface area contributed by atoms with Gasteiger partial charge in [-0.3, -0.25) is 15.6 Å². The Morgan fingerprint density at radius 1 is 1.46 bits per heavy atom. The first kappa shape index (κ1) is 14.9. The third-order valence-corrected chi connectivity index (χ3v) is 0.978. The van der Waals surface area contributed by atoms with E-state index >= 15 is 0 Å². The molecule has 0 radical (unpaired) electrons. The first-order valence-corrected chi connectivity index (χ1v) is 4.40. The van der Waals surface area contributed by atoms with E-state index in [4.69, 9.17) is 5.84 Å². The second-order valence-corrected chi connectivity index (χ2v) is 3.81. The molecule has 0 aromatic carbocycles. The van der Waals surface area contributed by atoms with Crippen molar-refractivity contribution in [3.05, 3.63) is 0 Å². The van der Waals surface area contributed by atoms with Gasteiger partial charge in [0.15, 0.2) is 0 Å². The van der Waals surface area contributed by atoms with Gasteiger partial charge in [0, 0.05) is 13.6 Å². The van der Waals surface area contributed by atoms with Crippen LogP contribution in [0.2, 0.25) is 0 Å². The molecular weight excluding hydrogens is 168 g/mol. The SMILES string of the molecule is CC(C)(C)OC=O.CCCN(C)N. The van der Waals surface area contributed by atoms with Crippen LogP contribution in [0.4, 0.5) is 0 Å². The summed E-state index contributed by atoms with van der Waals surface area (Å²) in [6.07, 6.45) is 1.13. The van der Waals surface area contributed by atoms with Gasteiger partial charge in [-0.25, -0.2) is 0 Å². The van der Waals surface area contributed by atoms with Crippen molar-refractivity contribution in [3.63, 3.8) is 0 Å². The Bertz CT molecular complexity index is 119. The van der Waals surface area contributed by atoms with Gasteiger partial charge in [-0.15, -0.1) is 0 Å². The van der Waals surface area contributed by atoms with Gasteiger partial charge in [0.1, 0.15) is 5.60 Å². The highest BCUT2D eigenvalue weighted by molar-refractivity contribution is 5.37. The number of nitrogens with two attached hydrogens (primary N) is 1. The molecule has 0 saturated heterocycles. The van der Waals surface area contributed by atoms with Crippen LogP contribution in [0.3, 0.4) is 0 Å². The van der Waals surface area contributed by atoms with Crippen LogP contribution in [0.25, 0.3) is 0 Å². The minimum Gasteiger partial charge on any atom is -0.462 e. The maximum Gasteiger partial charge on any atom is 0.293 e. The molecule has 80 valence electrons. The first-order valence-electron chi connectivity index (χ1n) is 4.40. The second-order valence-electron chi connectivity index (χ2n) is 3.81. The van der Waals surface area contributed by atoms with Gasteiger partial charge in [0.25, 0.3) is 6.47 Å². The van der Waals surface area contributed by atoms with Gasteiger partial charge in [-0.05, 0) is 27.2 Å². The standard InChI is InChI=1S/C5H10O2.C4H12N2/c1-5(2,3)7-4-6;1-3-4-6(2)5/h4H,1-3H3;3-5H2,1-2H3. The van der Waals surface area contributed by atoms with Crippen LogP contribution in [0, 0.1) is 0 Å². The van der Waals surface area contributed by atoms with E-state index in [1.165, 1.54) is 0 Å². The van der Waals surface area contributed by atoms with Crippen LogP contribution in [-0.4, -0.2) is 30.7 Å². The number of hydrazine groups is 1. The predicted octanol–water partition coefficient (Wildman–Crippen LogP) is 1.16. The van der Waals surface area contributed by atoms with E-state index in [1.54, 1.807) is 5.01 Å². The van der Waals surface area contributed by atoms with Crippen LogP contribution >= 0.6 is 0 Å². The molecule has 2 N–H and O–H groups in total. The van der Waals surface area contributed by atoms with Gasteiger partial charge in [-0.2, -0.15) is 0 Å². The Morgan fingerprint density at radius 3 is 1.92 bits per heavy atom. The topological polar surface area (TPSA) is 55.6 Å². The number of hydrogen-bond donors (Lipinski definition) is 1. The van der Waals surface area contributed by atoms with Crippen LogP contribution in [0.15, 0.2) is 0 Å². The Balaban J connectivity index is 0. The molecule has 4 heteroatoms. The lowest BCUT2D eigenvalue weighted by Gasteiger charge is -2.14. The molecule has 0 amide bonds. The minimum atomic E-state index is -0.318. The summed E-state index contributed by atoms with van der Waals surface area (Å²) in [5, 5.41) is 1.68. The summed E-state index contributed by atoms with van der Waals surface area (Å²) in [7, 11) is 1.86. The number of carbonyl (C=O) groups excluding carboxylic acids is 1. The van der Waals surface area contributed by atoms with Crippen molar-refractivity contribution in [2.45, 2.75) is 39.7 Å². The molecule has 0 aromatic heterocycles. The van der Waals surface area contributed by atoms with Crippen LogP contribution in [0.1, 0.15) is 34.1 Å². The molecule has 0 fully saturated rings. The highest BCUT2D eigenvalue weighted by Gasteiger charge is 2.07. The fourth-order valence-electron chi connectivity index (χ4n) is 0.497. The average molecular weight is 190 g/mol. The van der Waals surface area contributed by atoms with Crippen molar-refractivity contribution in [2.75, 3.05) is 13.6 Å². The molecule has 0 aliphatic carbocycles. The van der Waals surface area contributed by atoms with Gasteiger partial charge >= 0.3 is 0 Å². The van der Waals surface area contributed by atoms with E-state index in [2.05, 4.69) is 11.7 Å². The summed E-state index contributed by atoms with van der Waals surface area (Å²) in [6, 6.07) is 0. The maximum atomic E-state index is 9.60. The molecule has 0 spiro atoms. The molecule has 0 aliphatic rings. The predicted molar refractivity (Wildman–Crippen MR) is 54.0 cm³/mol. The van der Waals surface area contributed by atoms with E-state index in [9.17, 15) is 4.79 Å². The van der Waals surface area contributed by atoms with Crippen LogP contribution < -0.4 is 5.84 Å². The summed E-state index contributed by atoms with van der Waals surface area (Å²) in [5.41, 5.74) is -0.318. The Hall–Kier alpha value is -0.610. The average Bonchev–Trinajstić information content (AvgIpc) is 1.84. The summed E-state index contributed by atoms with van der Waals surface area (Å²) < 4.78 is 4.55. The lowest BCUT2D eigenvalue weighted by molar-refractivity contribution is -0.138. The van der Waals surface area contributed by atoms with Gasteiger partial charge in [-0.1, -0.05) is 6.92 Å². The lowest BCUT2D eigenvalue weighted by atomic mass is 10.2. The molecule has 4 nitrogen and oxygen atoms in total. The Morgan fingerprint density at radius 2 is 1.92 bits per heavy atom. The minimum absolute atomic E-state index is 0.318. The van der Waals surface area contributed by atoms with Crippen LogP contribution in [-0.2, 0) is 9.53 Å². The summed E-state index contributed by atoms with van der Waals surface area (Å²) >= 11 is 0. The van der Waals surface area contributed by atoms with E-state index in [0.717, 1.165) is 13.0 Å². The molecule has 0 bridgehead atoms. The quantitative estimate of drug-likeness (QED) is 0.412. The van der Waals surface area contributed by atoms with Crippen molar-refractivity contribution in [3.8, 4) is 0 Å². The number of rotatable bonds is 3. The third kappa shape index (κ3) is 24.6. The fourth-order valence-corrected chi connectivity index (χ4v) is 0.497. The molecule has 13 heavy (non-hydrogen) atoms. The highest BCUT2D eigenvalue weighted by Crippen LogP contribution is 2.02. The zero-order valence-electron chi connectivity index (χ0n) is 9.33. The van der Waals surface area contributed by atoms with Crippen molar-refractivity contribution in [1.82, 2.24) is 5.01 Å². The molecule has 0 aliphatic heterocycles. The largest absolute Gasteiger partial charge is 0.462 e.